The number of ether oxygens (including phenoxy) is 1. The van der Waals surface area contributed by atoms with Gasteiger partial charge in [-0.2, -0.15) is 0 Å². The molecule has 1 atom stereocenters. The Hall–Kier alpha value is -0.550. The number of rotatable bonds is 1. The fourth-order valence-electron chi connectivity index (χ4n) is 0.759. The number of thioether (sulfide) groups is 1. The van der Waals surface area contributed by atoms with Crippen LogP contribution in [-0.4, -0.2) is 29.6 Å². The molecule has 1 N–H and O–H groups in total. The van der Waals surface area contributed by atoms with E-state index in [0.29, 0.717) is 5.75 Å². The lowest BCUT2D eigenvalue weighted by Crippen LogP contribution is -2.35. The monoisotopic (exact) mass is 175 g/mol. The largest absolute Gasteiger partial charge is 0.392 e. The first kappa shape index (κ1) is 8.55. The minimum Gasteiger partial charge on any atom is -0.392 e. The van der Waals surface area contributed by atoms with Gasteiger partial charge in [0.25, 0.3) is 0 Å². The Morgan fingerprint density at radius 3 is 2.82 bits per heavy atom. The summed E-state index contributed by atoms with van der Waals surface area (Å²) in [5, 5.41) is 2.90. The second kappa shape index (κ2) is 3.73. The Bertz CT molecular complexity index is 177. The van der Waals surface area contributed by atoms with Crippen LogP contribution in [0.2, 0.25) is 0 Å². The highest BCUT2D eigenvalue weighted by Crippen LogP contribution is 2.10. The summed E-state index contributed by atoms with van der Waals surface area (Å²) < 4.78 is 4.38. The van der Waals surface area contributed by atoms with E-state index >= 15 is 0 Å². The highest BCUT2D eigenvalue weighted by atomic mass is 32.2. The van der Waals surface area contributed by atoms with Gasteiger partial charge in [0.15, 0.2) is 0 Å². The molecule has 11 heavy (non-hydrogen) atoms. The van der Waals surface area contributed by atoms with Crippen LogP contribution in [-0.2, 0) is 14.3 Å². The van der Waals surface area contributed by atoms with Crippen LogP contribution >= 0.6 is 11.8 Å². The van der Waals surface area contributed by atoms with Crippen LogP contribution in [0.15, 0.2) is 0 Å². The van der Waals surface area contributed by atoms with Gasteiger partial charge in [-0.25, -0.2) is 4.79 Å². The van der Waals surface area contributed by atoms with Gasteiger partial charge in [-0.05, 0) is 0 Å². The summed E-state index contributed by atoms with van der Waals surface area (Å²) >= 11 is 1.61. The lowest BCUT2D eigenvalue weighted by atomic mass is 10.3. The Balaban J connectivity index is 2.34. The lowest BCUT2D eigenvalue weighted by molar-refractivity contribution is -0.159. The number of hydrogen-bond donors (Lipinski definition) is 1. The van der Waals surface area contributed by atoms with Gasteiger partial charge in [-0.1, -0.05) is 0 Å². The van der Waals surface area contributed by atoms with E-state index in [9.17, 15) is 9.59 Å². The van der Waals surface area contributed by atoms with Gasteiger partial charge in [0.1, 0.15) is 6.04 Å². The number of esters is 2. The number of carbonyl (C=O) groups is 2. The molecule has 0 saturated carbocycles. The normalized spacial score (nSPS) is 23.2. The molecule has 1 heterocycles. The molecule has 0 radical (unpaired) electrons. The molecule has 0 aromatic heterocycles. The topological polar surface area (TPSA) is 55.4 Å². The predicted octanol–water partition coefficient (Wildman–Crippen LogP) is -0.261. The van der Waals surface area contributed by atoms with E-state index in [4.69, 9.17) is 0 Å². The zero-order valence-corrected chi connectivity index (χ0v) is 6.94. The summed E-state index contributed by atoms with van der Waals surface area (Å²) in [5.74, 6) is 0.417. The standard InChI is InChI=1S/C6H9NO3S/c1-4(8)10-6(9)5-2-11-3-7-5/h5,7H,2-3H2,1H3. The Kier molecular flexibility index (Phi) is 2.90. The summed E-state index contributed by atoms with van der Waals surface area (Å²) in [6, 6.07) is -0.302. The SMILES string of the molecule is CC(=O)OC(=O)C1CSCN1. The maximum atomic E-state index is 10.9. The van der Waals surface area contributed by atoms with Crippen LogP contribution in [0, 0.1) is 0 Å². The molecule has 1 saturated heterocycles. The summed E-state index contributed by atoms with van der Waals surface area (Å²) in [4.78, 5) is 21.3. The first-order valence-electron chi connectivity index (χ1n) is 3.23. The molecule has 1 unspecified atom stereocenters. The average Bonchev–Trinajstić information content (AvgIpc) is 2.35. The third kappa shape index (κ3) is 2.51. The zero-order valence-electron chi connectivity index (χ0n) is 6.12. The van der Waals surface area contributed by atoms with Gasteiger partial charge < -0.3 is 4.74 Å². The fourth-order valence-corrected chi connectivity index (χ4v) is 1.69. The Labute approximate surface area is 68.7 Å². The molecule has 0 bridgehead atoms. The van der Waals surface area contributed by atoms with Gasteiger partial charge in [-0.15, -0.1) is 11.8 Å². The molecule has 1 aliphatic heterocycles. The third-order valence-corrected chi connectivity index (χ3v) is 2.18. The van der Waals surface area contributed by atoms with E-state index in [0.717, 1.165) is 5.88 Å². The average molecular weight is 175 g/mol. The van der Waals surface area contributed by atoms with Crippen molar-refractivity contribution in [1.29, 1.82) is 0 Å². The fraction of sp³-hybridized carbons (Fsp3) is 0.667. The molecule has 0 amide bonds. The molecule has 0 aromatic rings. The van der Waals surface area contributed by atoms with Crippen molar-refractivity contribution in [3.8, 4) is 0 Å². The van der Waals surface area contributed by atoms with Gasteiger partial charge in [-0.3, -0.25) is 10.1 Å². The molecule has 0 aliphatic carbocycles. The minimum absolute atomic E-state index is 0.302. The van der Waals surface area contributed by atoms with Crippen molar-refractivity contribution in [3.05, 3.63) is 0 Å². The van der Waals surface area contributed by atoms with Crippen molar-refractivity contribution in [2.24, 2.45) is 0 Å². The second-order valence-electron chi connectivity index (χ2n) is 2.18. The Morgan fingerprint density at radius 1 is 1.64 bits per heavy atom. The molecule has 1 rings (SSSR count). The molecule has 5 heteroatoms. The molecular formula is C6H9NO3S. The van der Waals surface area contributed by atoms with Crippen molar-refractivity contribution in [1.82, 2.24) is 5.32 Å². The van der Waals surface area contributed by atoms with E-state index in [-0.39, 0.29) is 6.04 Å². The molecule has 62 valence electrons. The van der Waals surface area contributed by atoms with Gasteiger partial charge in [0.05, 0.1) is 0 Å². The third-order valence-electron chi connectivity index (χ3n) is 1.25. The predicted molar refractivity (Wildman–Crippen MR) is 41.0 cm³/mol. The number of nitrogens with one attached hydrogen (secondary N) is 1. The highest BCUT2D eigenvalue weighted by molar-refractivity contribution is 7.99. The number of carbonyl (C=O) groups excluding carboxylic acids is 2. The van der Waals surface area contributed by atoms with E-state index in [1.165, 1.54) is 6.92 Å². The molecule has 0 aromatic carbocycles. The maximum Gasteiger partial charge on any atom is 0.331 e. The minimum atomic E-state index is -0.547. The van der Waals surface area contributed by atoms with Crippen molar-refractivity contribution in [3.63, 3.8) is 0 Å². The van der Waals surface area contributed by atoms with Gasteiger partial charge in [0.2, 0.25) is 0 Å². The summed E-state index contributed by atoms with van der Waals surface area (Å²) in [6.07, 6.45) is 0. The van der Waals surface area contributed by atoms with E-state index in [1.54, 1.807) is 11.8 Å². The molecule has 0 spiro atoms. The summed E-state index contributed by atoms with van der Waals surface area (Å²) in [6.45, 7) is 1.22. The molecule has 1 fully saturated rings. The van der Waals surface area contributed by atoms with Crippen LogP contribution in [0.1, 0.15) is 6.92 Å². The highest BCUT2D eigenvalue weighted by Gasteiger charge is 2.24. The van der Waals surface area contributed by atoms with Crippen molar-refractivity contribution < 1.29 is 14.3 Å². The summed E-state index contributed by atoms with van der Waals surface area (Å²) in [7, 11) is 0. The van der Waals surface area contributed by atoms with Crippen molar-refractivity contribution in [2.75, 3.05) is 11.6 Å². The molecule has 4 nitrogen and oxygen atoms in total. The van der Waals surface area contributed by atoms with E-state index in [2.05, 4.69) is 10.1 Å². The number of hydrogen-bond acceptors (Lipinski definition) is 5. The van der Waals surface area contributed by atoms with Crippen LogP contribution in [0.3, 0.4) is 0 Å². The summed E-state index contributed by atoms with van der Waals surface area (Å²) in [5.41, 5.74) is 0. The second-order valence-corrected chi connectivity index (χ2v) is 3.21. The van der Waals surface area contributed by atoms with Crippen LogP contribution in [0.5, 0.6) is 0 Å². The Morgan fingerprint density at radius 2 is 2.36 bits per heavy atom. The quantitative estimate of drug-likeness (QED) is 0.439. The van der Waals surface area contributed by atoms with Crippen LogP contribution in [0.25, 0.3) is 0 Å². The van der Waals surface area contributed by atoms with E-state index in [1.807, 2.05) is 0 Å². The molecule has 1 aliphatic rings. The van der Waals surface area contributed by atoms with Crippen molar-refractivity contribution >= 4 is 23.7 Å². The first-order valence-corrected chi connectivity index (χ1v) is 4.39. The van der Waals surface area contributed by atoms with Gasteiger partial charge >= 0.3 is 11.9 Å². The van der Waals surface area contributed by atoms with Gasteiger partial charge in [0, 0.05) is 18.6 Å². The van der Waals surface area contributed by atoms with Crippen molar-refractivity contribution in [2.45, 2.75) is 13.0 Å². The van der Waals surface area contributed by atoms with Crippen LogP contribution < -0.4 is 5.32 Å². The van der Waals surface area contributed by atoms with E-state index < -0.39 is 11.9 Å². The maximum absolute atomic E-state index is 10.9. The van der Waals surface area contributed by atoms with Crippen LogP contribution in [0.4, 0.5) is 0 Å². The lowest BCUT2D eigenvalue weighted by Gasteiger charge is -2.05. The first-order chi connectivity index (χ1) is 5.20. The smallest absolute Gasteiger partial charge is 0.331 e. The zero-order chi connectivity index (χ0) is 8.27. The molecular weight excluding hydrogens is 166 g/mol.